The van der Waals surface area contributed by atoms with Gasteiger partial charge in [0.2, 0.25) is 0 Å². The Labute approximate surface area is 196 Å². The molecule has 1 saturated heterocycles. The molecule has 0 saturated carbocycles. The van der Waals surface area contributed by atoms with Crippen LogP contribution in [0.4, 0.5) is 9.52 Å². The van der Waals surface area contributed by atoms with Crippen molar-refractivity contribution in [1.82, 2.24) is 4.98 Å². The van der Waals surface area contributed by atoms with Gasteiger partial charge in [-0.05, 0) is 43.5 Å². The molecular weight excluding hydrogens is 478 g/mol. The average molecular weight is 501 g/mol. The minimum Gasteiger partial charge on any atom is -0.348 e. The highest BCUT2D eigenvalue weighted by atomic mass is 35.5. The van der Waals surface area contributed by atoms with E-state index in [2.05, 4.69) is 9.88 Å². The van der Waals surface area contributed by atoms with Crippen molar-refractivity contribution in [2.45, 2.75) is 41.6 Å². The smallest absolute Gasteiger partial charge is 0.185 e. The maximum Gasteiger partial charge on any atom is 0.185 e. The Hall–Kier alpha value is -1.41. The lowest BCUT2D eigenvalue weighted by Gasteiger charge is -2.36. The largest absolute Gasteiger partial charge is 0.348 e. The van der Waals surface area contributed by atoms with Crippen LogP contribution in [0.25, 0.3) is 0 Å². The van der Waals surface area contributed by atoms with Gasteiger partial charge in [-0.25, -0.2) is 17.8 Å². The van der Waals surface area contributed by atoms with E-state index in [1.165, 1.54) is 23.5 Å². The fourth-order valence-corrected chi connectivity index (χ4v) is 8.11. The predicted octanol–water partition coefficient (Wildman–Crippen LogP) is 5.40. The standard InChI is InChI=1S/C22H23Cl2FN2O2S2/c1-22(24)7-3-2-4-20(22)31(28,29)19-5-8-27(9-6-19)21-26-18(14-30-21)12-15-10-16(23)13-17(25)11-15/h2-4,7,10-11,13-14,19-20H,5-6,8-9,12H2,1H3. The summed E-state index contributed by atoms with van der Waals surface area (Å²) >= 11 is 13.9. The van der Waals surface area contributed by atoms with Gasteiger partial charge in [-0.15, -0.1) is 22.9 Å². The number of alkyl halides is 1. The first-order valence-electron chi connectivity index (χ1n) is 10.1. The number of rotatable bonds is 5. The van der Waals surface area contributed by atoms with Gasteiger partial charge in [0.1, 0.15) is 11.1 Å². The summed E-state index contributed by atoms with van der Waals surface area (Å²) in [5.74, 6) is -0.363. The molecule has 0 radical (unpaired) electrons. The van der Waals surface area contributed by atoms with Crippen LogP contribution in [0.1, 0.15) is 31.0 Å². The predicted molar refractivity (Wildman–Crippen MR) is 127 cm³/mol. The van der Waals surface area contributed by atoms with Gasteiger partial charge < -0.3 is 4.90 Å². The Balaban J connectivity index is 1.40. The lowest BCUT2D eigenvalue weighted by Crippen LogP contribution is -2.47. The second kappa shape index (κ2) is 8.85. The van der Waals surface area contributed by atoms with Crippen molar-refractivity contribution in [3.8, 4) is 0 Å². The van der Waals surface area contributed by atoms with Gasteiger partial charge in [0.05, 0.1) is 15.8 Å². The van der Waals surface area contributed by atoms with E-state index in [0.29, 0.717) is 37.4 Å². The number of aromatic nitrogens is 1. The first-order valence-corrected chi connectivity index (χ1v) is 13.3. The van der Waals surface area contributed by atoms with Crippen LogP contribution in [-0.4, -0.2) is 41.9 Å². The molecule has 4 rings (SSSR count). The molecule has 1 aliphatic carbocycles. The molecule has 9 heteroatoms. The third-order valence-electron chi connectivity index (χ3n) is 5.75. The molecule has 31 heavy (non-hydrogen) atoms. The van der Waals surface area contributed by atoms with E-state index < -0.39 is 25.2 Å². The molecule has 2 aliphatic rings. The van der Waals surface area contributed by atoms with Crippen molar-refractivity contribution in [3.63, 3.8) is 0 Å². The maximum absolute atomic E-state index is 13.6. The molecule has 2 aromatic rings. The number of anilines is 1. The lowest BCUT2D eigenvalue weighted by atomic mass is 10.0. The summed E-state index contributed by atoms with van der Waals surface area (Å²) in [7, 11) is -3.40. The zero-order valence-corrected chi connectivity index (χ0v) is 20.1. The molecule has 1 aromatic heterocycles. The Morgan fingerprint density at radius 2 is 2.00 bits per heavy atom. The fraction of sp³-hybridized carbons (Fsp3) is 0.409. The van der Waals surface area contributed by atoms with E-state index in [1.807, 2.05) is 5.38 Å². The Morgan fingerprint density at radius 3 is 2.68 bits per heavy atom. The highest BCUT2D eigenvalue weighted by molar-refractivity contribution is 7.93. The summed E-state index contributed by atoms with van der Waals surface area (Å²) in [4.78, 5) is 5.88. The molecule has 1 aliphatic heterocycles. The molecule has 166 valence electrons. The van der Waals surface area contributed by atoms with E-state index >= 15 is 0 Å². The van der Waals surface area contributed by atoms with E-state index in [0.717, 1.165) is 16.4 Å². The molecule has 4 nitrogen and oxygen atoms in total. The number of piperidine rings is 1. The lowest BCUT2D eigenvalue weighted by molar-refractivity contribution is 0.518. The molecular formula is C22H23Cl2FN2O2S2. The summed E-state index contributed by atoms with van der Waals surface area (Å²) in [6, 6.07) is 4.47. The van der Waals surface area contributed by atoms with Crippen molar-refractivity contribution < 1.29 is 12.8 Å². The van der Waals surface area contributed by atoms with Crippen LogP contribution in [0.3, 0.4) is 0 Å². The zero-order chi connectivity index (χ0) is 22.2. The quantitative estimate of drug-likeness (QED) is 0.515. The first-order chi connectivity index (χ1) is 14.6. The summed E-state index contributed by atoms with van der Waals surface area (Å²) in [6.45, 7) is 2.98. The van der Waals surface area contributed by atoms with Crippen molar-refractivity contribution in [3.05, 3.63) is 70.0 Å². The third kappa shape index (κ3) is 5.00. The molecule has 2 unspecified atom stereocenters. The average Bonchev–Trinajstić information content (AvgIpc) is 3.15. The SMILES string of the molecule is CC1(Cl)C=CC=CC1S(=O)(=O)C1CCN(c2nc(Cc3cc(F)cc(Cl)c3)cs2)CC1. The van der Waals surface area contributed by atoms with Crippen LogP contribution in [0, 0.1) is 5.82 Å². The molecule has 1 fully saturated rings. The summed E-state index contributed by atoms with van der Waals surface area (Å²) < 4.78 is 40.0. The normalized spacial score (nSPS) is 24.6. The highest BCUT2D eigenvalue weighted by Gasteiger charge is 2.44. The number of benzene rings is 1. The second-order valence-electron chi connectivity index (χ2n) is 8.17. The molecule has 2 heterocycles. The maximum atomic E-state index is 13.6. The Morgan fingerprint density at radius 1 is 1.26 bits per heavy atom. The van der Waals surface area contributed by atoms with Crippen LogP contribution in [0.15, 0.2) is 47.9 Å². The number of thiazole rings is 1. The second-order valence-corrected chi connectivity index (χ2v) is 12.6. The number of hydrogen-bond donors (Lipinski definition) is 0. The van der Waals surface area contributed by atoms with Gasteiger partial charge in [0.25, 0.3) is 0 Å². The van der Waals surface area contributed by atoms with Crippen LogP contribution < -0.4 is 4.90 Å². The van der Waals surface area contributed by atoms with Crippen LogP contribution in [0.2, 0.25) is 5.02 Å². The van der Waals surface area contributed by atoms with Crippen molar-refractivity contribution in [2.24, 2.45) is 0 Å². The summed E-state index contributed by atoms with van der Waals surface area (Å²) in [5, 5.41) is 2.04. The molecule has 0 N–H and O–H groups in total. The monoisotopic (exact) mass is 500 g/mol. The summed E-state index contributed by atoms with van der Waals surface area (Å²) in [5.41, 5.74) is 1.61. The van der Waals surface area contributed by atoms with Gasteiger partial charge in [-0.1, -0.05) is 35.9 Å². The number of nitrogens with zero attached hydrogens (tertiary/aromatic N) is 2. The fourth-order valence-electron chi connectivity index (χ4n) is 4.15. The highest BCUT2D eigenvalue weighted by Crippen LogP contribution is 2.36. The van der Waals surface area contributed by atoms with Gasteiger partial charge in [0, 0.05) is 29.9 Å². The van der Waals surface area contributed by atoms with Crippen LogP contribution in [0.5, 0.6) is 0 Å². The van der Waals surface area contributed by atoms with Crippen molar-refractivity contribution >= 4 is 49.5 Å². The molecule has 0 bridgehead atoms. The van der Waals surface area contributed by atoms with E-state index in [-0.39, 0.29) is 5.82 Å². The van der Waals surface area contributed by atoms with Crippen molar-refractivity contribution in [1.29, 1.82) is 0 Å². The number of sulfone groups is 1. The molecule has 1 aromatic carbocycles. The number of halogens is 3. The molecule has 2 atom stereocenters. The van der Waals surface area contributed by atoms with Crippen LogP contribution in [-0.2, 0) is 16.3 Å². The third-order valence-corrected chi connectivity index (χ3v) is 10.2. The van der Waals surface area contributed by atoms with Gasteiger partial charge >= 0.3 is 0 Å². The Kier molecular flexibility index (Phi) is 6.50. The zero-order valence-electron chi connectivity index (χ0n) is 17.0. The van der Waals surface area contributed by atoms with Crippen molar-refractivity contribution in [2.75, 3.05) is 18.0 Å². The van der Waals surface area contributed by atoms with Crippen LogP contribution >= 0.6 is 34.5 Å². The number of hydrogen-bond acceptors (Lipinski definition) is 5. The van der Waals surface area contributed by atoms with Gasteiger partial charge in [-0.2, -0.15) is 0 Å². The first kappa shape index (κ1) is 22.8. The minimum atomic E-state index is -3.40. The van der Waals surface area contributed by atoms with E-state index in [1.54, 1.807) is 37.3 Å². The van der Waals surface area contributed by atoms with Gasteiger partial charge in [0.15, 0.2) is 15.0 Å². The number of allylic oxidation sites excluding steroid dienone is 3. The van der Waals surface area contributed by atoms with Gasteiger partial charge in [-0.3, -0.25) is 0 Å². The topological polar surface area (TPSA) is 50.3 Å². The molecule has 0 spiro atoms. The molecule has 0 amide bonds. The van der Waals surface area contributed by atoms with E-state index in [9.17, 15) is 12.8 Å². The van der Waals surface area contributed by atoms with E-state index in [4.69, 9.17) is 23.2 Å². The minimum absolute atomic E-state index is 0.363. The summed E-state index contributed by atoms with van der Waals surface area (Å²) in [6.07, 6.45) is 8.56. The Bertz CT molecular complexity index is 1100.